The second kappa shape index (κ2) is 9.19. The number of benzene rings is 1. The van der Waals surface area contributed by atoms with Gasteiger partial charge in [-0.15, -0.1) is 0 Å². The third-order valence-electron chi connectivity index (χ3n) is 4.42. The summed E-state index contributed by atoms with van der Waals surface area (Å²) in [7, 11) is 0. The molecule has 0 aliphatic carbocycles. The first kappa shape index (κ1) is 16.5. The number of nitrogens with zero attached hydrogens (tertiary/aromatic N) is 2. The Morgan fingerprint density at radius 2 is 1.90 bits per heavy atom. The van der Waals surface area contributed by atoms with E-state index >= 15 is 0 Å². The van der Waals surface area contributed by atoms with Gasteiger partial charge in [-0.05, 0) is 57.8 Å². The summed E-state index contributed by atoms with van der Waals surface area (Å²) in [5.41, 5.74) is 1.42. The molecule has 0 amide bonds. The molecular formula is C18H30N2O. The predicted octanol–water partition coefficient (Wildman–Crippen LogP) is 2.75. The Bertz CT molecular complexity index is 382. The van der Waals surface area contributed by atoms with Gasteiger partial charge in [-0.3, -0.25) is 9.80 Å². The van der Waals surface area contributed by atoms with Crippen molar-refractivity contribution in [3.63, 3.8) is 0 Å². The second-order valence-corrected chi connectivity index (χ2v) is 6.24. The van der Waals surface area contributed by atoms with Gasteiger partial charge in [-0.25, -0.2) is 0 Å². The predicted molar refractivity (Wildman–Crippen MR) is 88.3 cm³/mol. The van der Waals surface area contributed by atoms with E-state index in [4.69, 9.17) is 5.11 Å². The third-order valence-corrected chi connectivity index (χ3v) is 4.42. The molecule has 0 aromatic heterocycles. The van der Waals surface area contributed by atoms with Crippen LogP contribution >= 0.6 is 0 Å². The van der Waals surface area contributed by atoms with Gasteiger partial charge in [0.15, 0.2) is 0 Å². The van der Waals surface area contributed by atoms with Crippen LogP contribution < -0.4 is 0 Å². The van der Waals surface area contributed by atoms with Crippen LogP contribution in [-0.2, 0) is 6.54 Å². The van der Waals surface area contributed by atoms with Crippen LogP contribution in [-0.4, -0.2) is 53.7 Å². The maximum atomic E-state index is 8.85. The van der Waals surface area contributed by atoms with Crippen LogP contribution in [0.5, 0.6) is 0 Å². The first-order chi connectivity index (χ1) is 10.3. The molecule has 1 heterocycles. The standard InChI is InChI=1S/C18H30N2O/c1-17-15-19(16-18-9-4-2-5-10-18)11-8-13-20(17)12-6-3-7-14-21/h2,4-5,9-10,17,21H,3,6-8,11-16H2,1H3/t17-/m1/s1. The fraction of sp³-hybridized carbons (Fsp3) is 0.667. The van der Waals surface area contributed by atoms with Gasteiger partial charge in [0, 0.05) is 25.7 Å². The van der Waals surface area contributed by atoms with Crippen molar-refractivity contribution in [3.05, 3.63) is 35.9 Å². The summed E-state index contributed by atoms with van der Waals surface area (Å²) < 4.78 is 0. The van der Waals surface area contributed by atoms with Gasteiger partial charge < -0.3 is 5.11 Å². The summed E-state index contributed by atoms with van der Waals surface area (Å²) in [6, 6.07) is 11.4. The number of rotatable bonds is 7. The fourth-order valence-corrected chi connectivity index (χ4v) is 3.22. The van der Waals surface area contributed by atoms with Gasteiger partial charge in [-0.2, -0.15) is 0 Å². The van der Waals surface area contributed by atoms with Crippen molar-refractivity contribution in [1.29, 1.82) is 0 Å². The Labute approximate surface area is 129 Å². The van der Waals surface area contributed by atoms with Crippen LogP contribution in [0.1, 0.15) is 38.2 Å². The Morgan fingerprint density at radius 1 is 1.10 bits per heavy atom. The van der Waals surface area contributed by atoms with E-state index in [-0.39, 0.29) is 0 Å². The fourth-order valence-electron chi connectivity index (χ4n) is 3.22. The smallest absolute Gasteiger partial charge is 0.0431 e. The van der Waals surface area contributed by atoms with Gasteiger partial charge >= 0.3 is 0 Å². The number of aliphatic hydroxyl groups excluding tert-OH is 1. The van der Waals surface area contributed by atoms with E-state index in [2.05, 4.69) is 47.1 Å². The van der Waals surface area contributed by atoms with E-state index in [1.54, 1.807) is 0 Å². The summed E-state index contributed by atoms with van der Waals surface area (Å²) in [5.74, 6) is 0. The topological polar surface area (TPSA) is 26.7 Å². The molecular weight excluding hydrogens is 260 g/mol. The second-order valence-electron chi connectivity index (χ2n) is 6.24. The summed E-state index contributed by atoms with van der Waals surface area (Å²) in [6.07, 6.45) is 4.57. The van der Waals surface area contributed by atoms with E-state index in [0.717, 1.165) is 25.9 Å². The molecule has 1 aliphatic rings. The molecule has 3 heteroatoms. The SMILES string of the molecule is C[C@@H]1CN(Cc2ccccc2)CCCN1CCCCCO. The lowest BCUT2D eigenvalue weighted by Crippen LogP contribution is -2.39. The zero-order valence-corrected chi connectivity index (χ0v) is 13.4. The van der Waals surface area contributed by atoms with Crippen LogP contribution in [0.2, 0.25) is 0 Å². The van der Waals surface area contributed by atoms with Crippen molar-refractivity contribution in [1.82, 2.24) is 9.80 Å². The number of aliphatic hydroxyl groups is 1. The highest BCUT2D eigenvalue weighted by Gasteiger charge is 2.20. The molecule has 1 N–H and O–H groups in total. The molecule has 1 aromatic rings. The average molecular weight is 290 g/mol. The van der Waals surface area contributed by atoms with Crippen molar-refractivity contribution in [2.24, 2.45) is 0 Å². The lowest BCUT2D eigenvalue weighted by atomic mass is 10.2. The first-order valence-corrected chi connectivity index (χ1v) is 8.41. The Balaban J connectivity index is 1.78. The minimum absolute atomic E-state index is 0.334. The molecule has 2 rings (SSSR count). The molecule has 21 heavy (non-hydrogen) atoms. The maximum absolute atomic E-state index is 8.85. The molecule has 0 radical (unpaired) electrons. The molecule has 1 atom stereocenters. The minimum atomic E-state index is 0.334. The lowest BCUT2D eigenvalue weighted by Gasteiger charge is -2.29. The molecule has 0 bridgehead atoms. The summed E-state index contributed by atoms with van der Waals surface area (Å²) in [5, 5.41) is 8.85. The van der Waals surface area contributed by atoms with E-state index in [9.17, 15) is 0 Å². The van der Waals surface area contributed by atoms with E-state index in [1.165, 1.54) is 38.0 Å². The lowest BCUT2D eigenvalue weighted by molar-refractivity contribution is 0.183. The molecule has 1 fully saturated rings. The quantitative estimate of drug-likeness (QED) is 0.782. The Kier molecular flexibility index (Phi) is 7.20. The molecule has 1 saturated heterocycles. The van der Waals surface area contributed by atoms with Crippen LogP contribution in [0.4, 0.5) is 0 Å². The van der Waals surface area contributed by atoms with Crippen molar-refractivity contribution >= 4 is 0 Å². The molecule has 0 spiro atoms. The number of hydrogen-bond acceptors (Lipinski definition) is 3. The highest BCUT2D eigenvalue weighted by molar-refractivity contribution is 5.14. The highest BCUT2D eigenvalue weighted by Crippen LogP contribution is 2.14. The number of hydrogen-bond donors (Lipinski definition) is 1. The molecule has 1 aliphatic heterocycles. The monoisotopic (exact) mass is 290 g/mol. The molecule has 118 valence electrons. The van der Waals surface area contributed by atoms with Gasteiger partial charge in [0.05, 0.1) is 0 Å². The molecule has 1 aromatic carbocycles. The van der Waals surface area contributed by atoms with Gasteiger partial charge in [-0.1, -0.05) is 30.3 Å². The molecule has 3 nitrogen and oxygen atoms in total. The van der Waals surface area contributed by atoms with Crippen molar-refractivity contribution in [3.8, 4) is 0 Å². The van der Waals surface area contributed by atoms with Crippen molar-refractivity contribution in [2.75, 3.05) is 32.8 Å². The summed E-state index contributed by atoms with van der Waals surface area (Å²) in [4.78, 5) is 5.22. The molecule has 0 saturated carbocycles. The highest BCUT2D eigenvalue weighted by atomic mass is 16.2. The zero-order valence-electron chi connectivity index (χ0n) is 13.4. The van der Waals surface area contributed by atoms with Crippen LogP contribution in [0.15, 0.2) is 30.3 Å². The Hall–Kier alpha value is -0.900. The molecule has 0 unspecified atom stereocenters. The number of unbranched alkanes of at least 4 members (excludes halogenated alkanes) is 2. The van der Waals surface area contributed by atoms with Crippen LogP contribution in [0, 0.1) is 0 Å². The van der Waals surface area contributed by atoms with Gasteiger partial charge in [0.2, 0.25) is 0 Å². The van der Waals surface area contributed by atoms with Crippen molar-refractivity contribution in [2.45, 2.75) is 45.2 Å². The first-order valence-electron chi connectivity index (χ1n) is 8.41. The van der Waals surface area contributed by atoms with Crippen LogP contribution in [0.3, 0.4) is 0 Å². The maximum Gasteiger partial charge on any atom is 0.0431 e. The normalized spacial score (nSPS) is 21.3. The largest absolute Gasteiger partial charge is 0.396 e. The van der Waals surface area contributed by atoms with E-state index in [1.807, 2.05) is 0 Å². The third kappa shape index (κ3) is 5.77. The Morgan fingerprint density at radius 3 is 2.67 bits per heavy atom. The zero-order chi connectivity index (χ0) is 14.9. The minimum Gasteiger partial charge on any atom is -0.396 e. The van der Waals surface area contributed by atoms with Gasteiger partial charge in [0.1, 0.15) is 0 Å². The van der Waals surface area contributed by atoms with E-state index < -0.39 is 0 Å². The van der Waals surface area contributed by atoms with Gasteiger partial charge in [0.25, 0.3) is 0 Å². The summed E-state index contributed by atoms with van der Waals surface area (Å²) in [6.45, 7) is 8.52. The van der Waals surface area contributed by atoms with Crippen molar-refractivity contribution < 1.29 is 5.11 Å². The van der Waals surface area contributed by atoms with Crippen LogP contribution in [0.25, 0.3) is 0 Å². The van der Waals surface area contributed by atoms with E-state index in [0.29, 0.717) is 12.6 Å². The summed E-state index contributed by atoms with van der Waals surface area (Å²) >= 11 is 0. The average Bonchev–Trinajstić information content (AvgIpc) is 2.66.